The highest BCUT2D eigenvalue weighted by molar-refractivity contribution is 14.1. The minimum atomic E-state index is -1.03. The van der Waals surface area contributed by atoms with E-state index in [1.165, 1.54) is 0 Å². The van der Waals surface area contributed by atoms with Gasteiger partial charge < -0.3 is 9.52 Å². The Bertz CT molecular complexity index is 944. The van der Waals surface area contributed by atoms with Crippen LogP contribution in [0.5, 0.6) is 0 Å². The minimum Gasteiger partial charge on any atom is -0.481 e. The summed E-state index contributed by atoms with van der Waals surface area (Å²) < 4.78 is 6.15. The van der Waals surface area contributed by atoms with Gasteiger partial charge in [-0.25, -0.2) is 0 Å². The van der Waals surface area contributed by atoms with E-state index in [4.69, 9.17) is 4.42 Å². The molecule has 4 nitrogen and oxygen atoms in total. The van der Waals surface area contributed by atoms with E-state index in [0.717, 1.165) is 0 Å². The van der Waals surface area contributed by atoms with Crippen molar-refractivity contribution in [2.24, 2.45) is 0 Å². The van der Waals surface area contributed by atoms with Gasteiger partial charge in [-0.15, -0.1) is 0 Å². The third-order valence-electron chi connectivity index (χ3n) is 3.95. The van der Waals surface area contributed by atoms with Crippen molar-refractivity contribution in [3.05, 3.63) is 58.3 Å². The van der Waals surface area contributed by atoms with Crippen molar-refractivity contribution in [1.29, 1.82) is 0 Å². The zero-order valence-electron chi connectivity index (χ0n) is 11.8. The molecule has 3 aromatic rings. The summed E-state index contributed by atoms with van der Waals surface area (Å²) in [7, 11) is 0. The maximum absolute atomic E-state index is 12.6. The summed E-state index contributed by atoms with van der Waals surface area (Å²) in [6.07, 6.45) is 0. The Kier molecular flexibility index (Phi) is 3.68. The third-order valence-corrected chi connectivity index (χ3v) is 5.48. The lowest BCUT2D eigenvalue weighted by molar-refractivity contribution is -0.142. The second-order valence-electron chi connectivity index (χ2n) is 5.41. The molecule has 0 bridgehead atoms. The molecule has 1 aromatic heterocycles. The second-order valence-corrected chi connectivity index (χ2v) is 6.17. The van der Waals surface area contributed by atoms with Gasteiger partial charge in [0.25, 0.3) is 0 Å². The molecule has 0 amide bonds. The number of carboxylic acid groups (broad SMARTS) is 1. The normalized spacial score (nSPS) is 14.1. The molecule has 0 aliphatic carbocycles. The zero-order valence-corrected chi connectivity index (χ0v) is 14.0. The van der Waals surface area contributed by atoms with Crippen molar-refractivity contribution >= 4 is 50.5 Å². The lowest BCUT2D eigenvalue weighted by Gasteiger charge is -2.22. The molecule has 0 aliphatic heterocycles. The fraction of sp³-hybridized carbons (Fsp3) is 0.176. The number of benzene rings is 2. The monoisotopic (exact) mass is 408 g/mol. The SMILES string of the molecule is CC(CI)(C(=O)O)c1ccc2oc3ccccc3c(=O)c2c1. The fourth-order valence-electron chi connectivity index (χ4n) is 2.40. The molecule has 1 atom stereocenters. The van der Waals surface area contributed by atoms with Crippen LogP contribution in [0.25, 0.3) is 21.9 Å². The maximum Gasteiger partial charge on any atom is 0.314 e. The molecule has 0 aliphatic rings. The van der Waals surface area contributed by atoms with E-state index in [2.05, 4.69) is 0 Å². The van der Waals surface area contributed by atoms with Crippen LogP contribution in [0, 0.1) is 0 Å². The molecule has 0 saturated carbocycles. The van der Waals surface area contributed by atoms with Crippen molar-refractivity contribution < 1.29 is 14.3 Å². The Morgan fingerprint density at radius 3 is 2.55 bits per heavy atom. The zero-order chi connectivity index (χ0) is 15.9. The van der Waals surface area contributed by atoms with E-state index < -0.39 is 11.4 Å². The molecule has 5 heteroatoms. The van der Waals surface area contributed by atoms with Crippen LogP contribution in [0.4, 0.5) is 0 Å². The number of hydrogen-bond donors (Lipinski definition) is 1. The first-order chi connectivity index (χ1) is 10.5. The Labute approximate surface area is 139 Å². The van der Waals surface area contributed by atoms with E-state index in [1.807, 2.05) is 28.7 Å². The van der Waals surface area contributed by atoms with Crippen LogP contribution in [-0.4, -0.2) is 15.5 Å². The molecule has 22 heavy (non-hydrogen) atoms. The van der Waals surface area contributed by atoms with Crippen molar-refractivity contribution in [2.75, 3.05) is 4.43 Å². The quantitative estimate of drug-likeness (QED) is 0.408. The van der Waals surface area contributed by atoms with E-state index >= 15 is 0 Å². The highest BCUT2D eigenvalue weighted by Crippen LogP contribution is 2.29. The average Bonchev–Trinajstić information content (AvgIpc) is 2.54. The standard InChI is InChI=1S/C17H13IO4/c1-17(9-18,16(20)21)10-6-7-14-12(8-10)15(19)11-4-2-3-5-13(11)22-14/h2-8H,9H2,1H3,(H,20,21). The number of carboxylic acids is 1. The molecule has 0 saturated heterocycles. The molecule has 2 aromatic carbocycles. The summed E-state index contributed by atoms with van der Waals surface area (Å²) in [6.45, 7) is 1.66. The van der Waals surface area contributed by atoms with Crippen LogP contribution in [0.15, 0.2) is 51.7 Å². The maximum atomic E-state index is 12.6. The van der Waals surface area contributed by atoms with Gasteiger partial charge in [0, 0.05) is 4.43 Å². The van der Waals surface area contributed by atoms with E-state index in [1.54, 1.807) is 43.3 Å². The highest BCUT2D eigenvalue weighted by Gasteiger charge is 2.34. The molecule has 0 spiro atoms. The van der Waals surface area contributed by atoms with Gasteiger partial charge in [0.05, 0.1) is 16.2 Å². The summed E-state index contributed by atoms with van der Waals surface area (Å²) in [6, 6.07) is 12.1. The molecular formula is C17H13IO4. The number of carbonyl (C=O) groups is 1. The minimum absolute atomic E-state index is 0.139. The van der Waals surface area contributed by atoms with Crippen LogP contribution >= 0.6 is 22.6 Å². The Morgan fingerprint density at radius 1 is 1.18 bits per heavy atom. The van der Waals surface area contributed by atoms with Gasteiger partial charge in [-0.3, -0.25) is 9.59 Å². The number of fused-ring (bicyclic) bond motifs is 2. The molecule has 0 fully saturated rings. The molecule has 1 heterocycles. The summed E-state index contributed by atoms with van der Waals surface area (Å²) in [5.41, 5.74) is 0.424. The number of halogens is 1. The van der Waals surface area contributed by atoms with Gasteiger partial charge in [-0.05, 0) is 36.8 Å². The van der Waals surface area contributed by atoms with Crippen molar-refractivity contribution in [3.63, 3.8) is 0 Å². The first-order valence-corrected chi connectivity index (χ1v) is 8.25. The fourth-order valence-corrected chi connectivity index (χ4v) is 3.17. The molecular weight excluding hydrogens is 395 g/mol. The number of aliphatic carboxylic acids is 1. The van der Waals surface area contributed by atoms with Crippen molar-refractivity contribution in [3.8, 4) is 0 Å². The lowest BCUT2D eigenvalue weighted by Crippen LogP contribution is -2.34. The van der Waals surface area contributed by atoms with Gasteiger partial charge >= 0.3 is 5.97 Å². The largest absolute Gasteiger partial charge is 0.481 e. The first kappa shape index (κ1) is 15.0. The summed E-state index contributed by atoms with van der Waals surface area (Å²) in [5.74, 6) is -0.911. The van der Waals surface area contributed by atoms with E-state index in [0.29, 0.717) is 31.9 Å². The Morgan fingerprint density at radius 2 is 1.86 bits per heavy atom. The predicted molar refractivity (Wildman–Crippen MR) is 93.9 cm³/mol. The smallest absolute Gasteiger partial charge is 0.314 e. The first-order valence-electron chi connectivity index (χ1n) is 6.73. The van der Waals surface area contributed by atoms with Gasteiger partial charge in [-0.2, -0.15) is 0 Å². The molecule has 1 unspecified atom stereocenters. The third kappa shape index (κ3) is 2.20. The van der Waals surface area contributed by atoms with Crippen molar-refractivity contribution in [1.82, 2.24) is 0 Å². The number of rotatable bonds is 3. The van der Waals surface area contributed by atoms with Crippen LogP contribution in [0.2, 0.25) is 0 Å². The van der Waals surface area contributed by atoms with Crippen LogP contribution in [0.3, 0.4) is 0 Å². The van der Waals surface area contributed by atoms with E-state index in [9.17, 15) is 14.7 Å². The summed E-state index contributed by atoms with van der Waals surface area (Å²) in [5, 5.41) is 10.4. The van der Waals surface area contributed by atoms with Crippen LogP contribution in [0.1, 0.15) is 12.5 Å². The van der Waals surface area contributed by atoms with Crippen LogP contribution < -0.4 is 5.43 Å². The second kappa shape index (κ2) is 5.39. The molecule has 112 valence electrons. The number of alkyl halides is 1. The number of hydrogen-bond acceptors (Lipinski definition) is 3. The van der Waals surface area contributed by atoms with Gasteiger partial charge in [0.1, 0.15) is 11.2 Å². The molecule has 3 rings (SSSR count). The summed E-state index contributed by atoms with van der Waals surface area (Å²) in [4.78, 5) is 24.2. The average molecular weight is 408 g/mol. The van der Waals surface area contributed by atoms with Gasteiger partial charge in [0.2, 0.25) is 5.43 Å². The lowest BCUT2D eigenvalue weighted by atomic mass is 9.84. The molecule has 0 radical (unpaired) electrons. The summed E-state index contributed by atoms with van der Waals surface area (Å²) >= 11 is 2.05. The number of para-hydroxylation sites is 1. The topological polar surface area (TPSA) is 67.5 Å². The van der Waals surface area contributed by atoms with Crippen LogP contribution in [-0.2, 0) is 10.2 Å². The van der Waals surface area contributed by atoms with Crippen molar-refractivity contribution in [2.45, 2.75) is 12.3 Å². The highest BCUT2D eigenvalue weighted by atomic mass is 127. The Balaban J connectivity index is 2.35. The van der Waals surface area contributed by atoms with Gasteiger partial charge in [-0.1, -0.05) is 40.8 Å². The molecule has 1 N–H and O–H groups in total. The van der Waals surface area contributed by atoms with Gasteiger partial charge in [0.15, 0.2) is 0 Å². The Hall–Kier alpha value is -1.89. The van der Waals surface area contributed by atoms with E-state index in [-0.39, 0.29) is 5.43 Å². The predicted octanol–water partition coefficient (Wildman–Crippen LogP) is 3.72.